The predicted octanol–water partition coefficient (Wildman–Crippen LogP) is 4.70. The third-order valence-electron chi connectivity index (χ3n) is 6.51. The van der Waals surface area contributed by atoms with Gasteiger partial charge in [0.25, 0.3) is 0 Å². The van der Waals surface area contributed by atoms with Crippen LogP contribution >= 0.6 is 0 Å². The molecule has 3 fully saturated rings. The summed E-state index contributed by atoms with van der Waals surface area (Å²) in [4.78, 5) is 12.6. The molecule has 6 unspecified atom stereocenters. The van der Waals surface area contributed by atoms with Crippen LogP contribution < -0.4 is 4.74 Å². The molecule has 2 saturated carbocycles. The molecule has 0 aromatic heterocycles. The van der Waals surface area contributed by atoms with Crippen molar-refractivity contribution >= 4 is 5.97 Å². The number of epoxide rings is 1. The van der Waals surface area contributed by atoms with E-state index >= 15 is 0 Å². The van der Waals surface area contributed by atoms with Gasteiger partial charge in [0.2, 0.25) is 0 Å². The Morgan fingerprint density at radius 1 is 1.12 bits per heavy atom. The minimum absolute atomic E-state index is 0.0384. The zero-order valence-electron chi connectivity index (χ0n) is 14.7. The Morgan fingerprint density at radius 2 is 1.83 bits per heavy atom. The van der Waals surface area contributed by atoms with Crippen molar-refractivity contribution in [2.75, 3.05) is 0 Å². The van der Waals surface area contributed by atoms with Crippen LogP contribution in [0, 0.1) is 17.8 Å². The maximum Gasteiger partial charge on any atom is 0.314 e. The first kappa shape index (κ1) is 16.1. The number of ether oxygens (including phenoxy) is 2. The molecule has 1 saturated heterocycles. The molecule has 1 aromatic rings. The number of carbonyl (C=O) groups is 1. The van der Waals surface area contributed by atoms with Crippen LogP contribution in [-0.4, -0.2) is 18.2 Å². The zero-order chi connectivity index (χ0) is 16.7. The lowest BCUT2D eigenvalue weighted by Gasteiger charge is -2.36. The minimum Gasteiger partial charge on any atom is -0.426 e. The molecule has 6 atom stereocenters. The third-order valence-corrected chi connectivity index (χ3v) is 6.51. The van der Waals surface area contributed by atoms with E-state index < -0.39 is 0 Å². The van der Waals surface area contributed by atoms with Gasteiger partial charge in [-0.2, -0.15) is 0 Å². The molecule has 24 heavy (non-hydrogen) atoms. The molecule has 0 N–H and O–H groups in total. The summed E-state index contributed by atoms with van der Waals surface area (Å²) in [7, 11) is 0. The molecule has 1 aliphatic heterocycles. The van der Waals surface area contributed by atoms with E-state index in [4.69, 9.17) is 9.47 Å². The van der Waals surface area contributed by atoms with Crippen molar-refractivity contribution < 1.29 is 14.3 Å². The number of hydrogen-bond acceptors (Lipinski definition) is 3. The van der Waals surface area contributed by atoms with Gasteiger partial charge in [0.15, 0.2) is 0 Å². The highest BCUT2D eigenvalue weighted by Crippen LogP contribution is 2.49. The average molecular weight is 328 g/mol. The Balaban J connectivity index is 1.34. The summed E-state index contributed by atoms with van der Waals surface area (Å²) in [6, 6.07) is 8.04. The van der Waals surface area contributed by atoms with E-state index in [9.17, 15) is 4.79 Å². The minimum atomic E-state index is -0.0384. The molecule has 2 aliphatic carbocycles. The van der Waals surface area contributed by atoms with Gasteiger partial charge in [-0.25, -0.2) is 0 Å². The van der Waals surface area contributed by atoms with Crippen LogP contribution in [-0.2, 0) is 9.53 Å². The van der Waals surface area contributed by atoms with Crippen molar-refractivity contribution in [1.29, 1.82) is 0 Å². The lowest BCUT2D eigenvalue weighted by Crippen LogP contribution is -2.35. The molecule has 1 heterocycles. The van der Waals surface area contributed by atoms with Crippen LogP contribution in [0.4, 0.5) is 0 Å². The summed E-state index contributed by atoms with van der Waals surface area (Å²) in [5.41, 5.74) is 1.30. The average Bonchev–Trinajstić information content (AvgIpc) is 3.37. The molecule has 0 spiro atoms. The molecule has 1 aromatic carbocycles. The van der Waals surface area contributed by atoms with E-state index in [0.29, 0.717) is 29.8 Å². The quantitative estimate of drug-likeness (QED) is 0.457. The highest BCUT2D eigenvalue weighted by atomic mass is 16.6. The molecular formula is C21H28O3. The second-order valence-corrected chi connectivity index (χ2v) is 8.01. The predicted molar refractivity (Wildman–Crippen MR) is 93.0 cm³/mol. The van der Waals surface area contributed by atoms with Gasteiger partial charge in [0.05, 0.1) is 18.1 Å². The molecule has 3 nitrogen and oxygen atoms in total. The summed E-state index contributed by atoms with van der Waals surface area (Å²) >= 11 is 0. The number of carbonyl (C=O) groups excluding carboxylic acids is 1. The largest absolute Gasteiger partial charge is 0.426 e. The fraction of sp³-hybridized carbons (Fsp3) is 0.667. The summed E-state index contributed by atoms with van der Waals surface area (Å²) in [6.07, 6.45) is 7.65. The van der Waals surface area contributed by atoms with E-state index in [2.05, 4.69) is 26.0 Å². The summed E-state index contributed by atoms with van der Waals surface area (Å²) in [5, 5.41) is 0. The van der Waals surface area contributed by atoms with Crippen molar-refractivity contribution in [2.45, 2.75) is 70.5 Å². The zero-order valence-corrected chi connectivity index (χ0v) is 14.7. The molecule has 3 heteroatoms. The van der Waals surface area contributed by atoms with Crippen molar-refractivity contribution in [3.8, 4) is 5.75 Å². The Morgan fingerprint density at radius 3 is 2.54 bits per heavy atom. The topological polar surface area (TPSA) is 38.8 Å². The van der Waals surface area contributed by atoms with Gasteiger partial charge < -0.3 is 9.47 Å². The van der Waals surface area contributed by atoms with Gasteiger partial charge >= 0.3 is 5.97 Å². The van der Waals surface area contributed by atoms with Gasteiger partial charge in [-0.05, 0) is 74.0 Å². The fourth-order valence-electron chi connectivity index (χ4n) is 4.63. The van der Waals surface area contributed by atoms with Crippen LogP contribution in [0.25, 0.3) is 0 Å². The summed E-state index contributed by atoms with van der Waals surface area (Å²) in [6.45, 7) is 4.41. The van der Waals surface area contributed by atoms with Gasteiger partial charge in [-0.15, -0.1) is 0 Å². The van der Waals surface area contributed by atoms with Crippen LogP contribution in [0.3, 0.4) is 0 Å². The monoisotopic (exact) mass is 328 g/mol. The molecule has 3 aliphatic rings. The Kier molecular flexibility index (Phi) is 4.38. The number of hydrogen-bond donors (Lipinski definition) is 0. The van der Waals surface area contributed by atoms with Crippen LogP contribution in [0.15, 0.2) is 24.3 Å². The SMILES string of the molecule is CCC(C)c1ccc(OC(=O)C2CCC3CC4OC4CC3C2)cc1. The lowest BCUT2D eigenvalue weighted by molar-refractivity contribution is -0.141. The molecule has 0 bridgehead atoms. The van der Waals surface area contributed by atoms with E-state index in [0.717, 1.165) is 38.0 Å². The number of benzene rings is 1. The maximum absolute atomic E-state index is 12.6. The van der Waals surface area contributed by atoms with E-state index in [1.54, 1.807) is 0 Å². The van der Waals surface area contributed by atoms with Gasteiger partial charge in [0, 0.05) is 0 Å². The molecular weight excluding hydrogens is 300 g/mol. The Hall–Kier alpha value is -1.35. The first-order valence-corrected chi connectivity index (χ1v) is 9.61. The van der Waals surface area contributed by atoms with Gasteiger partial charge in [-0.3, -0.25) is 4.79 Å². The fourth-order valence-corrected chi connectivity index (χ4v) is 4.63. The molecule has 0 radical (unpaired) electrons. The number of esters is 1. The van der Waals surface area contributed by atoms with Crippen molar-refractivity contribution in [2.24, 2.45) is 17.8 Å². The Labute approximate surface area is 144 Å². The molecule has 4 rings (SSSR count). The Bertz CT molecular complexity index is 594. The van der Waals surface area contributed by atoms with E-state index in [-0.39, 0.29) is 11.9 Å². The number of rotatable bonds is 4. The lowest BCUT2D eigenvalue weighted by atomic mass is 9.67. The summed E-state index contributed by atoms with van der Waals surface area (Å²) < 4.78 is 11.4. The van der Waals surface area contributed by atoms with Crippen molar-refractivity contribution in [1.82, 2.24) is 0 Å². The first-order chi connectivity index (χ1) is 11.6. The van der Waals surface area contributed by atoms with Crippen LogP contribution in [0.2, 0.25) is 0 Å². The molecule has 0 amide bonds. The first-order valence-electron chi connectivity index (χ1n) is 9.61. The van der Waals surface area contributed by atoms with Crippen molar-refractivity contribution in [3.63, 3.8) is 0 Å². The number of fused-ring (bicyclic) bond motifs is 2. The highest BCUT2D eigenvalue weighted by Gasteiger charge is 2.50. The summed E-state index contributed by atoms with van der Waals surface area (Å²) in [5.74, 6) is 2.69. The van der Waals surface area contributed by atoms with Gasteiger partial charge in [0.1, 0.15) is 5.75 Å². The maximum atomic E-state index is 12.6. The third kappa shape index (κ3) is 3.23. The van der Waals surface area contributed by atoms with Crippen LogP contribution in [0.1, 0.15) is 63.9 Å². The normalized spacial score (nSPS) is 35.5. The molecule has 130 valence electrons. The van der Waals surface area contributed by atoms with Gasteiger partial charge in [-0.1, -0.05) is 26.0 Å². The van der Waals surface area contributed by atoms with Crippen LogP contribution in [0.5, 0.6) is 5.75 Å². The smallest absolute Gasteiger partial charge is 0.314 e. The second kappa shape index (κ2) is 6.51. The van der Waals surface area contributed by atoms with E-state index in [1.807, 2.05) is 12.1 Å². The highest BCUT2D eigenvalue weighted by molar-refractivity contribution is 5.75. The van der Waals surface area contributed by atoms with Crippen molar-refractivity contribution in [3.05, 3.63) is 29.8 Å². The second-order valence-electron chi connectivity index (χ2n) is 8.01. The standard InChI is InChI=1S/C21H28O3/c1-3-13(2)14-6-8-18(9-7-14)23-21(22)16-5-4-15-11-19-20(24-19)12-17(15)10-16/h6-9,13,15-17,19-20H,3-5,10-12H2,1-2H3. The van der Waals surface area contributed by atoms with E-state index in [1.165, 1.54) is 12.0 Å².